The zero-order valence-electron chi connectivity index (χ0n) is 13.4. The number of aromatic nitrogens is 2. The fourth-order valence-corrected chi connectivity index (χ4v) is 3.37. The standard InChI is InChI=1S/C17H24N4O2/c22-12-13-6-8-21(9-7-13)16-11-18-15(10-19-16)17(23)20-14-4-2-1-3-5-14/h10-14H,1-9H2,(H,20,23). The van der Waals surface area contributed by atoms with Crippen molar-refractivity contribution in [1.29, 1.82) is 0 Å². The van der Waals surface area contributed by atoms with Crippen molar-refractivity contribution in [2.75, 3.05) is 18.0 Å². The second-order valence-electron chi connectivity index (χ2n) is 6.53. The molecule has 6 heteroatoms. The summed E-state index contributed by atoms with van der Waals surface area (Å²) >= 11 is 0. The van der Waals surface area contributed by atoms with E-state index in [2.05, 4.69) is 20.2 Å². The maximum Gasteiger partial charge on any atom is 0.271 e. The highest BCUT2D eigenvalue weighted by Crippen LogP contribution is 2.20. The molecular weight excluding hydrogens is 292 g/mol. The van der Waals surface area contributed by atoms with Gasteiger partial charge in [0.05, 0.1) is 12.4 Å². The van der Waals surface area contributed by atoms with E-state index in [0.717, 1.165) is 50.9 Å². The molecule has 6 nitrogen and oxygen atoms in total. The van der Waals surface area contributed by atoms with E-state index >= 15 is 0 Å². The Bertz CT molecular complexity index is 532. The zero-order chi connectivity index (χ0) is 16.1. The van der Waals surface area contributed by atoms with Crippen LogP contribution in [0.25, 0.3) is 0 Å². The van der Waals surface area contributed by atoms with Gasteiger partial charge < -0.3 is 15.0 Å². The minimum Gasteiger partial charge on any atom is -0.355 e. The van der Waals surface area contributed by atoms with Crippen LogP contribution in [0.1, 0.15) is 55.4 Å². The summed E-state index contributed by atoms with van der Waals surface area (Å²) in [6, 6.07) is 0.278. The highest BCUT2D eigenvalue weighted by atomic mass is 16.2. The second kappa shape index (κ2) is 7.53. The van der Waals surface area contributed by atoms with E-state index in [1.165, 1.54) is 19.3 Å². The summed E-state index contributed by atoms with van der Waals surface area (Å²) < 4.78 is 0. The fraction of sp³-hybridized carbons (Fsp3) is 0.647. The van der Waals surface area contributed by atoms with Crippen molar-refractivity contribution < 1.29 is 9.59 Å². The van der Waals surface area contributed by atoms with Gasteiger partial charge in [-0.1, -0.05) is 19.3 Å². The predicted molar refractivity (Wildman–Crippen MR) is 87.4 cm³/mol. The van der Waals surface area contributed by atoms with Crippen LogP contribution >= 0.6 is 0 Å². The lowest BCUT2D eigenvalue weighted by Gasteiger charge is -2.30. The summed E-state index contributed by atoms with van der Waals surface area (Å²) in [6.45, 7) is 1.62. The number of aldehydes is 1. The van der Waals surface area contributed by atoms with E-state index in [1.54, 1.807) is 12.4 Å². The topological polar surface area (TPSA) is 75.2 Å². The molecule has 1 saturated carbocycles. The molecule has 0 bridgehead atoms. The number of piperidine rings is 1. The molecule has 1 aromatic rings. The Kier molecular flexibility index (Phi) is 5.20. The monoisotopic (exact) mass is 316 g/mol. The van der Waals surface area contributed by atoms with Crippen LogP contribution in [0.5, 0.6) is 0 Å². The van der Waals surface area contributed by atoms with Crippen LogP contribution in [0.4, 0.5) is 5.82 Å². The third kappa shape index (κ3) is 4.06. The predicted octanol–water partition coefficient (Wildman–Crippen LogP) is 1.95. The van der Waals surface area contributed by atoms with Gasteiger partial charge in [-0.3, -0.25) is 4.79 Å². The molecule has 1 aromatic heterocycles. The molecule has 124 valence electrons. The largest absolute Gasteiger partial charge is 0.355 e. The maximum absolute atomic E-state index is 12.2. The molecule has 1 N–H and O–H groups in total. The highest BCUT2D eigenvalue weighted by Gasteiger charge is 2.21. The van der Waals surface area contributed by atoms with Gasteiger partial charge in [0.1, 0.15) is 17.8 Å². The molecule has 23 heavy (non-hydrogen) atoms. The van der Waals surface area contributed by atoms with Gasteiger partial charge in [0, 0.05) is 25.0 Å². The molecule has 0 aromatic carbocycles. The molecule has 0 atom stereocenters. The van der Waals surface area contributed by atoms with Crippen LogP contribution in [0, 0.1) is 5.92 Å². The van der Waals surface area contributed by atoms with Crippen LogP contribution in [0.2, 0.25) is 0 Å². The van der Waals surface area contributed by atoms with Gasteiger partial charge in [-0.15, -0.1) is 0 Å². The van der Waals surface area contributed by atoms with Crippen molar-refractivity contribution in [2.24, 2.45) is 5.92 Å². The van der Waals surface area contributed by atoms with Gasteiger partial charge in [-0.25, -0.2) is 9.97 Å². The van der Waals surface area contributed by atoms with Crippen molar-refractivity contribution in [3.05, 3.63) is 18.1 Å². The van der Waals surface area contributed by atoms with Crippen molar-refractivity contribution in [3.8, 4) is 0 Å². The van der Waals surface area contributed by atoms with E-state index in [4.69, 9.17) is 0 Å². The summed E-state index contributed by atoms with van der Waals surface area (Å²) in [6.07, 6.45) is 11.7. The summed E-state index contributed by atoms with van der Waals surface area (Å²) in [7, 11) is 0. The first-order valence-corrected chi connectivity index (χ1v) is 8.59. The van der Waals surface area contributed by atoms with Crippen molar-refractivity contribution in [3.63, 3.8) is 0 Å². The molecule has 2 aliphatic rings. The Labute approximate surface area is 136 Å². The van der Waals surface area contributed by atoms with Crippen molar-refractivity contribution in [2.45, 2.75) is 51.0 Å². The van der Waals surface area contributed by atoms with Crippen LogP contribution in [-0.2, 0) is 4.79 Å². The summed E-state index contributed by atoms with van der Waals surface area (Å²) in [5.74, 6) is 0.818. The third-order valence-corrected chi connectivity index (χ3v) is 4.87. The number of amides is 1. The molecule has 0 unspecified atom stereocenters. The number of nitrogens with zero attached hydrogens (tertiary/aromatic N) is 3. The van der Waals surface area contributed by atoms with Crippen LogP contribution < -0.4 is 10.2 Å². The Balaban J connectivity index is 1.56. The highest BCUT2D eigenvalue weighted by molar-refractivity contribution is 5.92. The van der Waals surface area contributed by atoms with E-state index in [1.807, 2.05) is 0 Å². The first kappa shape index (κ1) is 15.9. The molecule has 0 radical (unpaired) electrons. The van der Waals surface area contributed by atoms with E-state index < -0.39 is 0 Å². The number of anilines is 1. The third-order valence-electron chi connectivity index (χ3n) is 4.87. The van der Waals surface area contributed by atoms with Gasteiger partial charge >= 0.3 is 0 Å². The van der Waals surface area contributed by atoms with Gasteiger partial charge in [0.15, 0.2) is 0 Å². The number of carbonyl (C=O) groups is 2. The first-order chi connectivity index (χ1) is 11.3. The summed E-state index contributed by atoms with van der Waals surface area (Å²) in [4.78, 5) is 33.8. The van der Waals surface area contributed by atoms with Gasteiger partial charge in [-0.2, -0.15) is 0 Å². The fourth-order valence-electron chi connectivity index (χ4n) is 3.37. The molecular formula is C17H24N4O2. The van der Waals surface area contributed by atoms with E-state index in [9.17, 15) is 9.59 Å². The normalized spacial score (nSPS) is 20.3. The molecule has 2 fully saturated rings. The van der Waals surface area contributed by atoms with Crippen molar-refractivity contribution in [1.82, 2.24) is 15.3 Å². The Morgan fingerprint density at radius 3 is 2.43 bits per heavy atom. The smallest absolute Gasteiger partial charge is 0.271 e. The lowest BCUT2D eigenvalue weighted by molar-refractivity contribution is -0.111. The molecule has 1 amide bonds. The zero-order valence-corrected chi connectivity index (χ0v) is 13.4. The lowest BCUT2D eigenvalue weighted by Crippen LogP contribution is -2.37. The van der Waals surface area contributed by atoms with Gasteiger partial charge in [0.2, 0.25) is 0 Å². The molecule has 2 heterocycles. The molecule has 1 saturated heterocycles. The number of hydrogen-bond acceptors (Lipinski definition) is 5. The van der Waals surface area contributed by atoms with Gasteiger partial charge in [-0.05, 0) is 25.7 Å². The van der Waals surface area contributed by atoms with Crippen LogP contribution in [0.3, 0.4) is 0 Å². The Hall–Kier alpha value is -1.98. The molecule has 1 aliphatic heterocycles. The minimum atomic E-state index is -0.129. The maximum atomic E-state index is 12.2. The average molecular weight is 316 g/mol. The Morgan fingerprint density at radius 1 is 1.09 bits per heavy atom. The van der Waals surface area contributed by atoms with Crippen LogP contribution in [-0.4, -0.2) is 41.3 Å². The quantitative estimate of drug-likeness (QED) is 0.859. The van der Waals surface area contributed by atoms with Gasteiger partial charge in [0.25, 0.3) is 5.91 Å². The second-order valence-corrected chi connectivity index (χ2v) is 6.53. The number of hydrogen-bond donors (Lipinski definition) is 1. The van der Waals surface area contributed by atoms with Crippen LogP contribution in [0.15, 0.2) is 12.4 Å². The summed E-state index contributed by atoms with van der Waals surface area (Å²) in [5, 5.41) is 3.05. The Morgan fingerprint density at radius 2 is 1.83 bits per heavy atom. The SMILES string of the molecule is O=CC1CCN(c2cnc(C(=O)NC3CCCCC3)cn2)CC1. The average Bonchev–Trinajstić information content (AvgIpc) is 2.63. The molecule has 3 rings (SSSR count). The number of carbonyl (C=O) groups excluding carboxylic acids is 2. The van der Waals surface area contributed by atoms with Crippen molar-refractivity contribution >= 4 is 18.0 Å². The number of nitrogens with one attached hydrogen (secondary N) is 1. The minimum absolute atomic E-state index is 0.129. The molecule has 1 aliphatic carbocycles. The number of rotatable bonds is 4. The lowest BCUT2D eigenvalue weighted by atomic mass is 9.95. The first-order valence-electron chi connectivity index (χ1n) is 8.59. The van der Waals surface area contributed by atoms with E-state index in [-0.39, 0.29) is 17.9 Å². The van der Waals surface area contributed by atoms with E-state index in [0.29, 0.717) is 5.69 Å². The molecule has 0 spiro atoms. The summed E-state index contributed by atoms with van der Waals surface area (Å²) in [5.41, 5.74) is 0.377.